The normalized spacial score (nSPS) is 11.9. The Bertz CT molecular complexity index is 951. The summed E-state index contributed by atoms with van der Waals surface area (Å²) in [6.45, 7) is 6.77. The number of para-hydroxylation sites is 1. The predicted molar refractivity (Wildman–Crippen MR) is 116 cm³/mol. The summed E-state index contributed by atoms with van der Waals surface area (Å²) >= 11 is 0. The van der Waals surface area contributed by atoms with Crippen molar-refractivity contribution in [2.75, 3.05) is 19.0 Å². The van der Waals surface area contributed by atoms with E-state index in [0.717, 1.165) is 16.9 Å². The minimum atomic E-state index is -0.198. The summed E-state index contributed by atoms with van der Waals surface area (Å²) in [7, 11) is 1.62. The van der Waals surface area contributed by atoms with Crippen LogP contribution in [-0.4, -0.2) is 35.4 Å². The summed E-state index contributed by atoms with van der Waals surface area (Å²) in [6.07, 6.45) is 1.77. The van der Waals surface area contributed by atoms with Gasteiger partial charge in [-0.2, -0.15) is 5.10 Å². The molecule has 0 aliphatic carbocycles. The first-order chi connectivity index (χ1) is 14.0. The second kappa shape index (κ2) is 9.28. The molecule has 3 rings (SSSR count). The molecule has 2 N–H and O–H groups in total. The largest absolute Gasteiger partial charge is 0.494 e. The maximum absolute atomic E-state index is 12.6. The maximum atomic E-state index is 12.6. The third kappa shape index (κ3) is 5.16. The summed E-state index contributed by atoms with van der Waals surface area (Å²) in [5, 5.41) is 10.9. The van der Waals surface area contributed by atoms with Gasteiger partial charge in [0.25, 0.3) is 5.91 Å². The van der Waals surface area contributed by atoms with Crippen molar-refractivity contribution in [2.24, 2.45) is 5.92 Å². The lowest BCUT2D eigenvalue weighted by atomic mass is 10.0. The number of hydrogen-bond donors (Lipinski definition) is 2. The molecule has 1 aromatic heterocycles. The molecule has 1 atom stereocenters. The van der Waals surface area contributed by atoms with Crippen molar-refractivity contribution >= 4 is 11.6 Å². The molecule has 1 amide bonds. The molecule has 6 nitrogen and oxygen atoms in total. The molecular formula is C23H28N4O2. The number of hydrogen-bond acceptors (Lipinski definition) is 4. The van der Waals surface area contributed by atoms with Crippen LogP contribution < -0.4 is 15.4 Å². The molecule has 0 radical (unpaired) electrons. The molecule has 3 aromatic rings. The number of rotatable bonds is 8. The summed E-state index contributed by atoms with van der Waals surface area (Å²) in [5.74, 6) is 0.859. The Kier molecular flexibility index (Phi) is 6.54. The topological polar surface area (TPSA) is 68.2 Å². The first-order valence-corrected chi connectivity index (χ1v) is 9.78. The summed E-state index contributed by atoms with van der Waals surface area (Å²) < 4.78 is 7.09. The van der Waals surface area contributed by atoms with Gasteiger partial charge in [-0.3, -0.25) is 4.79 Å². The van der Waals surface area contributed by atoms with Crippen LogP contribution >= 0.6 is 0 Å². The second-order valence-electron chi connectivity index (χ2n) is 7.39. The molecule has 0 aliphatic rings. The number of benzene rings is 2. The average Bonchev–Trinajstić information content (AvgIpc) is 3.21. The van der Waals surface area contributed by atoms with Gasteiger partial charge in [-0.15, -0.1) is 0 Å². The number of methoxy groups -OCH3 is 1. The van der Waals surface area contributed by atoms with E-state index >= 15 is 0 Å². The summed E-state index contributed by atoms with van der Waals surface area (Å²) in [6, 6.07) is 17.7. The zero-order valence-corrected chi connectivity index (χ0v) is 17.3. The number of anilines is 1. The third-order valence-electron chi connectivity index (χ3n) is 4.82. The molecule has 29 heavy (non-hydrogen) atoms. The Morgan fingerprint density at radius 1 is 1.14 bits per heavy atom. The van der Waals surface area contributed by atoms with E-state index in [1.807, 2.05) is 55.5 Å². The van der Waals surface area contributed by atoms with Crippen LogP contribution in [0.15, 0.2) is 60.8 Å². The summed E-state index contributed by atoms with van der Waals surface area (Å²) in [4.78, 5) is 12.6. The van der Waals surface area contributed by atoms with Gasteiger partial charge in [0, 0.05) is 24.5 Å². The number of carbonyl (C=O) groups excluding carboxylic acids is 1. The van der Waals surface area contributed by atoms with E-state index in [0.29, 0.717) is 23.9 Å². The molecule has 1 heterocycles. The highest BCUT2D eigenvalue weighted by atomic mass is 16.5. The first kappa shape index (κ1) is 20.5. The molecule has 2 aromatic carbocycles. The predicted octanol–water partition coefficient (Wildman–Crippen LogP) is 4.06. The molecule has 152 valence electrons. The van der Waals surface area contributed by atoms with Crippen LogP contribution in [0.5, 0.6) is 5.75 Å². The number of nitrogens with zero attached hydrogens (tertiary/aromatic N) is 2. The van der Waals surface area contributed by atoms with Gasteiger partial charge in [0.15, 0.2) is 5.69 Å². The van der Waals surface area contributed by atoms with Crippen molar-refractivity contribution in [2.45, 2.75) is 26.8 Å². The maximum Gasteiger partial charge on any atom is 0.271 e. The molecular weight excluding hydrogens is 364 g/mol. The Morgan fingerprint density at radius 3 is 2.59 bits per heavy atom. The highest BCUT2D eigenvalue weighted by molar-refractivity contribution is 5.92. The molecule has 0 spiro atoms. The highest BCUT2D eigenvalue weighted by Gasteiger charge is 2.17. The van der Waals surface area contributed by atoms with Crippen molar-refractivity contribution in [1.29, 1.82) is 0 Å². The van der Waals surface area contributed by atoms with E-state index in [2.05, 4.69) is 29.6 Å². The van der Waals surface area contributed by atoms with Gasteiger partial charge in [0.05, 0.1) is 7.11 Å². The highest BCUT2D eigenvalue weighted by Crippen LogP contribution is 2.23. The number of amides is 1. The van der Waals surface area contributed by atoms with E-state index in [1.54, 1.807) is 24.1 Å². The van der Waals surface area contributed by atoms with Crippen LogP contribution in [0.4, 0.5) is 5.69 Å². The molecule has 0 fully saturated rings. The van der Waals surface area contributed by atoms with Crippen molar-refractivity contribution in [3.8, 4) is 11.4 Å². The lowest BCUT2D eigenvalue weighted by Crippen LogP contribution is -2.39. The van der Waals surface area contributed by atoms with Crippen LogP contribution in [0.1, 0.15) is 29.9 Å². The number of ether oxygens (including phenoxy) is 1. The van der Waals surface area contributed by atoms with Crippen molar-refractivity contribution in [3.05, 3.63) is 72.1 Å². The third-order valence-corrected chi connectivity index (χ3v) is 4.82. The molecule has 0 saturated carbocycles. The van der Waals surface area contributed by atoms with Crippen LogP contribution in [0, 0.1) is 12.8 Å². The van der Waals surface area contributed by atoms with E-state index in [4.69, 9.17) is 4.74 Å². The Balaban J connectivity index is 1.67. The Hall–Kier alpha value is -3.28. The lowest BCUT2D eigenvalue weighted by molar-refractivity contribution is 0.0945. The molecule has 0 aliphatic heterocycles. The van der Waals surface area contributed by atoms with Crippen LogP contribution in [0.25, 0.3) is 5.69 Å². The number of carbonyl (C=O) groups is 1. The fourth-order valence-electron chi connectivity index (χ4n) is 3.05. The minimum Gasteiger partial charge on any atom is -0.494 e. The van der Waals surface area contributed by atoms with Gasteiger partial charge >= 0.3 is 0 Å². The standard InChI is InChI=1S/C23H28N4O2/c1-16(2)20(25-18-8-6-5-7-9-18)15-24-23(28)19-12-13-27(26-19)21-14-17(3)10-11-22(21)29-4/h5-14,16,20,25H,15H2,1-4H3,(H,24,28). The smallest absolute Gasteiger partial charge is 0.271 e. The van der Waals surface area contributed by atoms with E-state index in [9.17, 15) is 4.79 Å². The first-order valence-electron chi connectivity index (χ1n) is 9.78. The number of nitrogens with one attached hydrogen (secondary N) is 2. The SMILES string of the molecule is COc1ccc(C)cc1-n1ccc(C(=O)NCC(Nc2ccccc2)C(C)C)n1. The van der Waals surface area contributed by atoms with Gasteiger partial charge in [-0.25, -0.2) is 4.68 Å². The van der Waals surface area contributed by atoms with Gasteiger partial charge < -0.3 is 15.4 Å². The summed E-state index contributed by atoms with van der Waals surface area (Å²) in [5.41, 5.74) is 3.30. The van der Waals surface area contributed by atoms with Crippen molar-refractivity contribution in [1.82, 2.24) is 15.1 Å². The molecule has 1 unspecified atom stereocenters. The Labute approximate surface area is 171 Å². The van der Waals surface area contributed by atoms with Crippen LogP contribution in [0.2, 0.25) is 0 Å². The number of aryl methyl sites for hydroxylation is 1. The van der Waals surface area contributed by atoms with Crippen LogP contribution in [-0.2, 0) is 0 Å². The zero-order valence-electron chi connectivity index (χ0n) is 17.3. The Morgan fingerprint density at radius 2 is 1.90 bits per heavy atom. The molecule has 0 saturated heterocycles. The lowest BCUT2D eigenvalue weighted by Gasteiger charge is -2.23. The van der Waals surface area contributed by atoms with Crippen molar-refractivity contribution in [3.63, 3.8) is 0 Å². The van der Waals surface area contributed by atoms with Crippen molar-refractivity contribution < 1.29 is 9.53 Å². The van der Waals surface area contributed by atoms with Gasteiger partial charge in [0.1, 0.15) is 11.4 Å². The fourth-order valence-corrected chi connectivity index (χ4v) is 3.05. The zero-order chi connectivity index (χ0) is 20.8. The second-order valence-corrected chi connectivity index (χ2v) is 7.39. The monoisotopic (exact) mass is 392 g/mol. The van der Waals surface area contributed by atoms with E-state index in [1.165, 1.54) is 0 Å². The van der Waals surface area contributed by atoms with E-state index in [-0.39, 0.29) is 11.9 Å². The van der Waals surface area contributed by atoms with Gasteiger partial charge in [-0.05, 0) is 48.7 Å². The average molecular weight is 393 g/mol. The molecule has 6 heteroatoms. The van der Waals surface area contributed by atoms with Gasteiger partial charge in [-0.1, -0.05) is 38.1 Å². The minimum absolute atomic E-state index is 0.111. The fraction of sp³-hybridized carbons (Fsp3) is 0.304. The van der Waals surface area contributed by atoms with Crippen LogP contribution in [0.3, 0.4) is 0 Å². The number of aromatic nitrogens is 2. The van der Waals surface area contributed by atoms with Gasteiger partial charge in [0.2, 0.25) is 0 Å². The van der Waals surface area contributed by atoms with E-state index < -0.39 is 0 Å². The quantitative estimate of drug-likeness (QED) is 0.607. The molecule has 0 bridgehead atoms.